The van der Waals surface area contributed by atoms with Crippen LogP contribution in [0, 0.1) is 0 Å². The second-order valence-corrected chi connectivity index (χ2v) is 6.99. The largest absolute Gasteiger partial charge is 0.534 e. The minimum atomic E-state index is -5.97. The number of carbonyl (C=O) groups is 1. The van der Waals surface area contributed by atoms with Crippen LogP contribution in [0.2, 0.25) is 0 Å². The first-order valence-corrected chi connectivity index (χ1v) is 7.49. The molecular formula is C11H15F4NO5S. The van der Waals surface area contributed by atoms with Gasteiger partial charge in [-0.05, 0) is 26.8 Å². The lowest BCUT2D eigenvalue weighted by Gasteiger charge is -2.31. The Balaban J connectivity index is 3.02. The fraction of sp³-hybridized carbons (Fsp3) is 0.727. The fourth-order valence-electron chi connectivity index (χ4n) is 1.42. The molecule has 6 nitrogen and oxygen atoms in total. The predicted octanol–water partition coefficient (Wildman–Crippen LogP) is 2.67. The summed E-state index contributed by atoms with van der Waals surface area (Å²) in [4.78, 5) is 12.2. The topological polar surface area (TPSA) is 72.9 Å². The van der Waals surface area contributed by atoms with Gasteiger partial charge in [0.1, 0.15) is 11.8 Å². The van der Waals surface area contributed by atoms with E-state index in [1.165, 1.54) is 20.8 Å². The summed E-state index contributed by atoms with van der Waals surface area (Å²) in [6, 6.07) is 0. The zero-order chi connectivity index (χ0) is 17.3. The highest BCUT2D eigenvalue weighted by Gasteiger charge is 2.50. The van der Waals surface area contributed by atoms with Gasteiger partial charge >= 0.3 is 21.7 Å². The van der Waals surface area contributed by atoms with Crippen LogP contribution in [0.25, 0.3) is 0 Å². The Hall–Kier alpha value is -1.52. The second kappa shape index (κ2) is 5.94. The molecule has 0 aromatic rings. The highest BCUT2D eigenvalue weighted by Crippen LogP contribution is 2.30. The molecule has 0 saturated carbocycles. The molecular weight excluding hydrogens is 334 g/mol. The number of alkyl halides is 4. The molecule has 0 spiro atoms. The summed E-state index contributed by atoms with van der Waals surface area (Å²) in [5.41, 5.74) is -6.67. The molecule has 11 heteroatoms. The van der Waals surface area contributed by atoms with E-state index in [0.717, 1.165) is 6.08 Å². The van der Waals surface area contributed by atoms with Gasteiger partial charge in [-0.3, -0.25) is 0 Å². The molecule has 1 atom stereocenters. The molecule has 0 radical (unpaired) electrons. The van der Waals surface area contributed by atoms with Crippen molar-refractivity contribution in [2.24, 2.45) is 0 Å². The van der Waals surface area contributed by atoms with E-state index < -0.39 is 45.9 Å². The Morgan fingerprint density at radius 3 is 2.32 bits per heavy atom. The first-order valence-electron chi connectivity index (χ1n) is 6.08. The maximum atomic E-state index is 13.3. The molecule has 22 heavy (non-hydrogen) atoms. The van der Waals surface area contributed by atoms with E-state index in [1.807, 2.05) is 0 Å². The van der Waals surface area contributed by atoms with E-state index in [0.29, 0.717) is 4.90 Å². The molecule has 0 bridgehead atoms. The van der Waals surface area contributed by atoms with Crippen molar-refractivity contribution in [3.63, 3.8) is 0 Å². The molecule has 0 aliphatic carbocycles. The van der Waals surface area contributed by atoms with Crippen molar-refractivity contribution in [1.29, 1.82) is 0 Å². The average Bonchev–Trinajstić information content (AvgIpc) is 2.27. The number of hydrogen-bond acceptors (Lipinski definition) is 5. The summed E-state index contributed by atoms with van der Waals surface area (Å²) >= 11 is 0. The smallest absolute Gasteiger partial charge is 0.443 e. The van der Waals surface area contributed by atoms with Crippen LogP contribution in [0.1, 0.15) is 27.2 Å². The van der Waals surface area contributed by atoms with Crippen LogP contribution >= 0.6 is 0 Å². The van der Waals surface area contributed by atoms with Crippen LogP contribution in [-0.2, 0) is 19.0 Å². The number of amides is 1. The third-order valence-corrected chi connectivity index (χ3v) is 3.24. The molecule has 1 aliphatic rings. The van der Waals surface area contributed by atoms with Crippen LogP contribution in [0.3, 0.4) is 0 Å². The van der Waals surface area contributed by atoms with Crippen molar-refractivity contribution in [1.82, 2.24) is 4.90 Å². The lowest BCUT2D eigenvalue weighted by molar-refractivity contribution is -0.0547. The van der Waals surface area contributed by atoms with Gasteiger partial charge in [-0.2, -0.15) is 21.6 Å². The molecule has 1 amide bonds. The minimum Gasteiger partial charge on any atom is -0.443 e. The van der Waals surface area contributed by atoms with Crippen LogP contribution in [0.15, 0.2) is 12.0 Å². The van der Waals surface area contributed by atoms with Crippen molar-refractivity contribution >= 4 is 16.2 Å². The quantitative estimate of drug-likeness (QED) is 0.435. The highest BCUT2D eigenvalue weighted by molar-refractivity contribution is 7.87. The second-order valence-electron chi connectivity index (χ2n) is 5.45. The van der Waals surface area contributed by atoms with Gasteiger partial charge in [0.25, 0.3) is 0 Å². The maximum absolute atomic E-state index is 13.3. The molecule has 0 aromatic heterocycles. The molecule has 1 heterocycles. The molecule has 1 rings (SSSR count). The Bertz CT molecular complexity index is 564. The van der Waals surface area contributed by atoms with Crippen molar-refractivity contribution in [3.8, 4) is 0 Å². The van der Waals surface area contributed by atoms with Gasteiger partial charge in [0.2, 0.25) is 5.88 Å². The van der Waals surface area contributed by atoms with Crippen molar-refractivity contribution in [2.75, 3.05) is 6.54 Å². The summed E-state index contributed by atoms with van der Waals surface area (Å²) < 4.78 is 81.1. The summed E-state index contributed by atoms with van der Waals surface area (Å²) in [5, 5.41) is 0. The Morgan fingerprint density at radius 1 is 1.32 bits per heavy atom. The van der Waals surface area contributed by atoms with E-state index in [2.05, 4.69) is 4.18 Å². The number of carbonyl (C=O) groups excluding carboxylic acids is 1. The lowest BCUT2D eigenvalue weighted by atomic mass is 10.2. The molecule has 128 valence electrons. The molecule has 1 aliphatic heterocycles. The molecule has 0 saturated heterocycles. The van der Waals surface area contributed by atoms with E-state index >= 15 is 0 Å². The normalized spacial score (nSPS) is 20.4. The number of ether oxygens (including phenoxy) is 1. The summed E-state index contributed by atoms with van der Waals surface area (Å²) in [5.74, 6) is -0.930. The highest BCUT2D eigenvalue weighted by atomic mass is 32.2. The van der Waals surface area contributed by atoms with Gasteiger partial charge in [-0.25, -0.2) is 14.1 Å². The lowest BCUT2D eigenvalue weighted by Crippen LogP contribution is -2.43. The summed E-state index contributed by atoms with van der Waals surface area (Å²) in [6.07, 6.45) is -2.42. The van der Waals surface area contributed by atoms with E-state index in [1.54, 1.807) is 0 Å². The first-order chi connectivity index (χ1) is 9.73. The van der Waals surface area contributed by atoms with Crippen LogP contribution in [0.5, 0.6) is 0 Å². The fourth-order valence-corrected chi connectivity index (χ4v) is 1.90. The van der Waals surface area contributed by atoms with Crippen molar-refractivity contribution < 1.29 is 39.7 Å². The zero-order valence-corrected chi connectivity index (χ0v) is 12.8. The number of hydrogen-bond donors (Lipinski definition) is 0. The van der Waals surface area contributed by atoms with Gasteiger partial charge in [-0.15, -0.1) is 0 Å². The van der Waals surface area contributed by atoms with Gasteiger partial charge in [-0.1, -0.05) is 0 Å². The van der Waals surface area contributed by atoms with Crippen LogP contribution in [-0.4, -0.2) is 43.2 Å². The van der Waals surface area contributed by atoms with Crippen molar-refractivity contribution in [2.45, 2.75) is 44.5 Å². The molecule has 1 unspecified atom stereocenters. The molecule has 0 N–H and O–H groups in total. The molecule has 0 aromatic carbocycles. The van der Waals surface area contributed by atoms with E-state index in [-0.39, 0.29) is 6.42 Å². The summed E-state index contributed by atoms with van der Waals surface area (Å²) in [7, 11) is -5.97. The van der Waals surface area contributed by atoms with Gasteiger partial charge in [0, 0.05) is 6.42 Å². The number of nitrogens with zero attached hydrogens (tertiary/aromatic N) is 1. The Morgan fingerprint density at radius 2 is 1.86 bits per heavy atom. The minimum absolute atomic E-state index is 0.378. The van der Waals surface area contributed by atoms with Gasteiger partial charge in [0.15, 0.2) is 0 Å². The number of halogens is 4. The van der Waals surface area contributed by atoms with E-state index in [9.17, 15) is 30.8 Å². The third-order valence-electron chi connectivity index (χ3n) is 2.29. The standard InChI is InChI=1S/C11H15F4NO5S/c1-10(2,3)20-9(17)16-6-7(12)4-5-8(16)21-22(18,19)11(13,14)15/h5,7H,4,6H2,1-3H3. The average molecular weight is 349 g/mol. The zero-order valence-electron chi connectivity index (χ0n) is 12.0. The molecule has 0 fully saturated rings. The maximum Gasteiger partial charge on any atom is 0.534 e. The first kappa shape index (κ1) is 18.5. The predicted molar refractivity (Wildman–Crippen MR) is 66.6 cm³/mol. The van der Waals surface area contributed by atoms with Crippen molar-refractivity contribution in [3.05, 3.63) is 12.0 Å². The van der Waals surface area contributed by atoms with Gasteiger partial charge < -0.3 is 8.92 Å². The Labute approximate surface area is 124 Å². The van der Waals surface area contributed by atoms with Crippen LogP contribution < -0.4 is 0 Å². The monoisotopic (exact) mass is 349 g/mol. The number of rotatable bonds is 2. The van der Waals surface area contributed by atoms with Crippen LogP contribution in [0.4, 0.5) is 22.4 Å². The van der Waals surface area contributed by atoms with Gasteiger partial charge in [0.05, 0.1) is 6.54 Å². The third kappa shape index (κ3) is 4.75. The SMILES string of the molecule is CC(C)(C)OC(=O)N1CC(F)CC=C1OS(=O)(=O)C(F)(F)F. The summed E-state index contributed by atoms with van der Waals surface area (Å²) in [6.45, 7) is 3.78. The van der Waals surface area contributed by atoms with E-state index in [4.69, 9.17) is 4.74 Å². The number of allylic oxidation sites excluding steroid dienone is 1. The Kier molecular flexibility index (Phi) is 5.00.